The molecular weight excluding hydrogens is 192 g/mol. The van der Waals surface area contributed by atoms with Crippen LogP contribution in [-0.2, 0) is 16.1 Å². The fourth-order valence-corrected chi connectivity index (χ4v) is 1.45. The Hall–Kier alpha value is -1.10. The Kier molecular flexibility index (Phi) is 3.55. The summed E-state index contributed by atoms with van der Waals surface area (Å²) in [7, 11) is 0. The highest BCUT2D eigenvalue weighted by atomic mass is 16.7. The van der Waals surface area contributed by atoms with Gasteiger partial charge in [-0.15, -0.1) is 0 Å². The summed E-state index contributed by atoms with van der Waals surface area (Å²) in [5.41, 5.74) is 7.47. The molecule has 0 saturated carbocycles. The molecule has 0 radical (unpaired) electrons. The summed E-state index contributed by atoms with van der Waals surface area (Å²) in [6.45, 7) is 2.94. The first-order valence-corrected chi connectivity index (χ1v) is 5.13. The zero-order chi connectivity index (χ0) is 10.5. The summed E-state index contributed by atoms with van der Waals surface area (Å²) in [5.74, 6) is 0. The van der Waals surface area contributed by atoms with E-state index in [1.807, 2.05) is 24.3 Å². The van der Waals surface area contributed by atoms with Gasteiger partial charge in [0.1, 0.15) is 0 Å². The molecule has 4 heteroatoms. The van der Waals surface area contributed by atoms with Gasteiger partial charge in [-0.05, 0) is 17.7 Å². The van der Waals surface area contributed by atoms with Gasteiger partial charge in [-0.3, -0.25) is 0 Å². The van der Waals surface area contributed by atoms with E-state index in [4.69, 9.17) is 15.2 Å². The summed E-state index contributed by atoms with van der Waals surface area (Å²) in [6, 6.07) is 7.68. The SMILES string of the molecule is Nc1ccc(COC2CNCCO2)cc1. The molecule has 0 amide bonds. The highest BCUT2D eigenvalue weighted by Crippen LogP contribution is 2.08. The zero-order valence-electron chi connectivity index (χ0n) is 8.61. The first-order valence-electron chi connectivity index (χ1n) is 5.13. The van der Waals surface area contributed by atoms with Gasteiger partial charge in [-0.1, -0.05) is 12.1 Å². The average Bonchev–Trinajstić information content (AvgIpc) is 2.30. The molecule has 1 aromatic carbocycles. The van der Waals surface area contributed by atoms with Crippen molar-refractivity contribution in [2.75, 3.05) is 25.4 Å². The number of anilines is 1. The van der Waals surface area contributed by atoms with E-state index in [-0.39, 0.29) is 6.29 Å². The molecule has 1 unspecified atom stereocenters. The Labute approximate surface area is 89.4 Å². The van der Waals surface area contributed by atoms with Gasteiger partial charge >= 0.3 is 0 Å². The molecule has 0 aliphatic carbocycles. The van der Waals surface area contributed by atoms with Crippen molar-refractivity contribution in [1.29, 1.82) is 0 Å². The number of benzene rings is 1. The maximum absolute atomic E-state index is 5.59. The first-order chi connectivity index (χ1) is 7.34. The zero-order valence-corrected chi connectivity index (χ0v) is 8.61. The topological polar surface area (TPSA) is 56.5 Å². The molecule has 1 saturated heterocycles. The molecule has 1 aromatic rings. The molecule has 1 heterocycles. The summed E-state index contributed by atoms with van der Waals surface area (Å²) < 4.78 is 11.0. The van der Waals surface area contributed by atoms with Crippen molar-refractivity contribution in [3.63, 3.8) is 0 Å². The molecule has 1 aliphatic rings. The standard InChI is InChI=1S/C11H16N2O2/c12-10-3-1-9(2-4-10)8-15-11-7-13-5-6-14-11/h1-4,11,13H,5-8,12H2. The van der Waals surface area contributed by atoms with Crippen LogP contribution in [0.5, 0.6) is 0 Å². The van der Waals surface area contributed by atoms with Gasteiger partial charge in [0.15, 0.2) is 6.29 Å². The molecule has 1 aliphatic heterocycles. The maximum Gasteiger partial charge on any atom is 0.170 e. The second-order valence-corrected chi connectivity index (χ2v) is 3.56. The fourth-order valence-electron chi connectivity index (χ4n) is 1.45. The second kappa shape index (κ2) is 5.11. The van der Waals surface area contributed by atoms with Gasteiger partial charge in [0.05, 0.1) is 13.2 Å². The van der Waals surface area contributed by atoms with Gasteiger partial charge in [-0.2, -0.15) is 0 Å². The number of nitrogen functional groups attached to an aromatic ring is 1. The van der Waals surface area contributed by atoms with Crippen LogP contribution in [0.4, 0.5) is 5.69 Å². The van der Waals surface area contributed by atoms with E-state index in [0.29, 0.717) is 13.2 Å². The third-order valence-electron chi connectivity index (χ3n) is 2.31. The summed E-state index contributed by atoms with van der Waals surface area (Å²) in [4.78, 5) is 0. The van der Waals surface area contributed by atoms with E-state index in [1.54, 1.807) is 0 Å². The molecule has 0 spiro atoms. The summed E-state index contributed by atoms with van der Waals surface area (Å²) in [5, 5.41) is 3.21. The molecule has 15 heavy (non-hydrogen) atoms. The molecule has 82 valence electrons. The van der Waals surface area contributed by atoms with Crippen molar-refractivity contribution in [3.8, 4) is 0 Å². The Morgan fingerprint density at radius 1 is 1.40 bits per heavy atom. The van der Waals surface area contributed by atoms with Gasteiger partial charge in [-0.25, -0.2) is 0 Å². The molecule has 0 bridgehead atoms. The van der Waals surface area contributed by atoms with Crippen molar-refractivity contribution in [2.24, 2.45) is 0 Å². The van der Waals surface area contributed by atoms with Crippen molar-refractivity contribution in [1.82, 2.24) is 5.32 Å². The van der Waals surface area contributed by atoms with E-state index in [9.17, 15) is 0 Å². The van der Waals surface area contributed by atoms with Crippen LogP contribution < -0.4 is 11.1 Å². The smallest absolute Gasteiger partial charge is 0.170 e. The molecule has 1 atom stereocenters. The van der Waals surface area contributed by atoms with Crippen molar-refractivity contribution < 1.29 is 9.47 Å². The number of hydrogen-bond acceptors (Lipinski definition) is 4. The van der Waals surface area contributed by atoms with Gasteiger partial charge in [0.25, 0.3) is 0 Å². The quantitative estimate of drug-likeness (QED) is 0.719. The molecule has 4 nitrogen and oxygen atoms in total. The van der Waals surface area contributed by atoms with Crippen LogP contribution >= 0.6 is 0 Å². The summed E-state index contributed by atoms with van der Waals surface area (Å²) in [6.07, 6.45) is -0.128. The predicted octanol–water partition coefficient (Wildman–Crippen LogP) is 0.731. The normalized spacial score (nSPS) is 21.5. The van der Waals surface area contributed by atoms with Crippen LogP contribution in [0, 0.1) is 0 Å². The Bertz CT molecular complexity index is 294. The van der Waals surface area contributed by atoms with Crippen LogP contribution in [0.25, 0.3) is 0 Å². The predicted molar refractivity (Wildman–Crippen MR) is 58.3 cm³/mol. The maximum atomic E-state index is 5.59. The van der Waals surface area contributed by atoms with Crippen molar-refractivity contribution in [3.05, 3.63) is 29.8 Å². The van der Waals surface area contributed by atoms with E-state index in [1.165, 1.54) is 0 Å². The number of morpholine rings is 1. The largest absolute Gasteiger partial charge is 0.399 e. The highest BCUT2D eigenvalue weighted by molar-refractivity contribution is 5.39. The lowest BCUT2D eigenvalue weighted by Crippen LogP contribution is -2.39. The molecule has 3 N–H and O–H groups in total. The van der Waals surface area contributed by atoms with Gasteiger partial charge < -0.3 is 20.5 Å². The number of nitrogens with two attached hydrogens (primary N) is 1. The lowest BCUT2D eigenvalue weighted by molar-refractivity contribution is -0.159. The lowest BCUT2D eigenvalue weighted by Gasteiger charge is -2.23. The van der Waals surface area contributed by atoms with Crippen LogP contribution in [0.1, 0.15) is 5.56 Å². The average molecular weight is 208 g/mol. The lowest BCUT2D eigenvalue weighted by atomic mass is 10.2. The van der Waals surface area contributed by atoms with E-state index < -0.39 is 0 Å². The van der Waals surface area contributed by atoms with Gasteiger partial charge in [0, 0.05) is 18.8 Å². The Morgan fingerprint density at radius 2 is 2.20 bits per heavy atom. The molecular formula is C11H16N2O2. The van der Waals surface area contributed by atoms with Crippen LogP contribution in [0.2, 0.25) is 0 Å². The van der Waals surface area contributed by atoms with Crippen molar-refractivity contribution in [2.45, 2.75) is 12.9 Å². The fraction of sp³-hybridized carbons (Fsp3) is 0.455. The minimum Gasteiger partial charge on any atom is -0.399 e. The Balaban J connectivity index is 1.79. The van der Waals surface area contributed by atoms with Crippen LogP contribution in [0.3, 0.4) is 0 Å². The van der Waals surface area contributed by atoms with Gasteiger partial charge in [0.2, 0.25) is 0 Å². The van der Waals surface area contributed by atoms with Crippen LogP contribution in [0.15, 0.2) is 24.3 Å². The molecule has 1 fully saturated rings. The third-order valence-corrected chi connectivity index (χ3v) is 2.31. The Morgan fingerprint density at radius 3 is 2.87 bits per heavy atom. The first kappa shape index (κ1) is 10.4. The summed E-state index contributed by atoms with van der Waals surface area (Å²) >= 11 is 0. The van der Waals surface area contributed by atoms with E-state index in [0.717, 1.165) is 24.3 Å². The third kappa shape index (κ3) is 3.20. The minimum absolute atomic E-state index is 0.128. The second-order valence-electron chi connectivity index (χ2n) is 3.56. The number of ether oxygens (including phenoxy) is 2. The molecule has 2 rings (SSSR count). The minimum atomic E-state index is -0.128. The van der Waals surface area contributed by atoms with E-state index in [2.05, 4.69) is 5.32 Å². The number of rotatable bonds is 3. The van der Waals surface area contributed by atoms with Crippen molar-refractivity contribution >= 4 is 5.69 Å². The number of nitrogens with one attached hydrogen (secondary N) is 1. The van der Waals surface area contributed by atoms with E-state index >= 15 is 0 Å². The van der Waals surface area contributed by atoms with Crippen LogP contribution in [-0.4, -0.2) is 26.0 Å². The molecule has 0 aromatic heterocycles. The monoisotopic (exact) mass is 208 g/mol. The number of hydrogen-bond donors (Lipinski definition) is 2. The highest BCUT2D eigenvalue weighted by Gasteiger charge is 2.12.